The minimum atomic E-state index is 0.196. The van der Waals surface area contributed by atoms with Crippen LogP contribution < -0.4 is 11.3 Å². The molecule has 0 radical (unpaired) electrons. The minimum absolute atomic E-state index is 0.196. The Bertz CT molecular complexity index is 322. The molecule has 1 fully saturated rings. The predicted octanol–water partition coefficient (Wildman–Crippen LogP) is 2.27. The summed E-state index contributed by atoms with van der Waals surface area (Å²) in [6.07, 6.45) is 2.11. The van der Waals surface area contributed by atoms with Gasteiger partial charge in [0.25, 0.3) is 0 Å². The Morgan fingerprint density at radius 2 is 1.88 bits per heavy atom. The fraction of sp³-hybridized carbons (Fsp3) is 0.500. The summed E-state index contributed by atoms with van der Waals surface area (Å²) in [5.74, 6) is 6.19. The van der Waals surface area contributed by atoms with Gasteiger partial charge in [0.2, 0.25) is 0 Å². The van der Waals surface area contributed by atoms with Crippen LogP contribution in [0, 0.1) is 5.92 Å². The SMILES string of the molecule is NNC(c1ccc(Cl)cc1)C1CCOCC1. The molecule has 0 aromatic heterocycles. The van der Waals surface area contributed by atoms with Crippen LogP contribution >= 0.6 is 11.6 Å². The molecular weight excluding hydrogens is 224 g/mol. The molecule has 1 aliphatic heterocycles. The summed E-state index contributed by atoms with van der Waals surface area (Å²) in [7, 11) is 0. The Labute approximate surface area is 101 Å². The van der Waals surface area contributed by atoms with E-state index in [2.05, 4.69) is 5.43 Å². The van der Waals surface area contributed by atoms with Gasteiger partial charge < -0.3 is 4.74 Å². The molecule has 3 N–H and O–H groups in total. The maximum absolute atomic E-state index is 5.87. The maximum Gasteiger partial charge on any atom is 0.0489 e. The second kappa shape index (κ2) is 5.64. The lowest BCUT2D eigenvalue weighted by atomic mass is 9.87. The lowest BCUT2D eigenvalue weighted by Gasteiger charge is -2.30. The van der Waals surface area contributed by atoms with E-state index in [1.807, 2.05) is 24.3 Å². The zero-order chi connectivity index (χ0) is 11.4. The first-order valence-electron chi connectivity index (χ1n) is 5.60. The molecule has 0 bridgehead atoms. The second-order valence-electron chi connectivity index (χ2n) is 4.15. The number of halogens is 1. The van der Waals surface area contributed by atoms with Crippen molar-refractivity contribution in [2.75, 3.05) is 13.2 Å². The summed E-state index contributed by atoms with van der Waals surface area (Å²) >= 11 is 5.87. The largest absolute Gasteiger partial charge is 0.381 e. The molecule has 1 aromatic carbocycles. The molecule has 0 amide bonds. The van der Waals surface area contributed by atoms with E-state index in [0.29, 0.717) is 5.92 Å². The van der Waals surface area contributed by atoms with Crippen LogP contribution in [0.4, 0.5) is 0 Å². The van der Waals surface area contributed by atoms with Crippen LogP contribution in [0.25, 0.3) is 0 Å². The quantitative estimate of drug-likeness (QED) is 0.630. The lowest BCUT2D eigenvalue weighted by molar-refractivity contribution is 0.0536. The van der Waals surface area contributed by atoms with Crippen molar-refractivity contribution in [1.29, 1.82) is 0 Å². The van der Waals surface area contributed by atoms with Crippen molar-refractivity contribution in [3.63, 3.8) is 0 Å². The van der Waals surface area contributed by atoms with Gasteiger partial charge >= 0.3 is 0 Å². The van der Waals surface area contributed by atoms with E-state index in [0.717, 1.165) is 31.1 Å². The second-order valence-corrected chi connectivity index (χ2v) is 4.58. The van der Waals surface area contributed by atoms with Crippen LogP contribution in [0.1, 0.15) is 24.4 Å². The number of ether oxygens (including phenoxy) is 1. The van der Waals surface area contributed by atoms with E-state index in [9.17, 15) is 0 Å². The average molecular weight is 241 g/mol. The standard InChI is InChI=1S/C12H17ClN2O/c13-11-3-1-9(2-4-11)12(15-14)10-5-7-16-8-6-10/h1-4,10,12,15H,5-8,14H2. The highest BCUT2D eigenvalue weighted by atomic mass is 35.5. The number of hydrogen-bond acceptors (Lipinski definition) is 3. The molecule has 1 aliphatic rings. The Hall–Kier alpha value is -0.610. The highest BCUT2D eigenvalue weighted by Crippen LogP contribution is 2.29. The number of nitrogens with one attached hydrogen (secondary N) is 1. The van der Waals surface area contributed by atoms with Crippen molar-refractivity contribution in [2.45, 2.75) is 18.9 Å². The van der Waals surface area contributed by atoms with Crippen molar-refractivity contribution in [1.82, 2.24) is 5.43 Å². The van der Waals surface area contributed by atoms with Gasteiger partial charge in [-0.3, -0.25) is 11.3 Å². The van der Waals surface area contributed by atoms with Gasteiger partial charge in [0.15, 0.2) is 0 Å². The highest BCUT2D eigenvalue weighted by Gasteiger charge is 2.24. The molecular formula is C12H17ClN2O. The molecule has 1 unspecified atom stereocenters. The average Bonchev–Trinajstić information content (AvgIpc) is 2.34. The summed E-state index contributed by atoms with van der Waals surface area (Å²) in [6.45, 7) is 1.66. The first kappa shape index (κ1) is 11.9. The molecule has 2 rings (SSSR count). The smallest absolute Gasteiger partial charge is 0.0489 e. The highest BCUT2D eigenvalue weighted by molar-refractivity contribution is 6.30. The Kier molecular flexibility index (Phi) is 4.18. The van der Waals surface area contributed by atoms with Crippen LogP contribution in [-0.4, -0.2) is 13.2 Å². The molecule has 0 saturated carbocycles. The van der Waals surface area contributed by atoms with Crippen LogP contribution in [0.2, 0.25) is 5.02 Å². The van der Waals surface area contributed by atoms with Gasteiger partial charge in [0.05, 0.1) is 0 Å². The third kappa shape index (κ3) is 2.74. The fourth-order valence-electron chi connectivity index (χ4n) is 2.22. The first-order chi connectivity index (χ1) is 7.81. The van der Waals surface area contributed by atoms with Crippen LogP contribution in [0.3, 0.4) is 0 Å². The number of nitrogens with two attached hydrogens (primary N) is 1. The van der Waals surface area contributed by atoms with E-state index in [1.54, 1.807) is 0 Å². The molecule has 1 atom stereocenters. The molecule has 16 heavy (non-hydrogen) atoms. The minimum Gasteiger partial charge on any atom is -0.381 e. The van der Waals surface area contributed by atoms with Gasteiger partial charge in [-0.1, -0.05) is 23.7 Å². The monoisotopic (exact) mass is 240 g/mol. The van der Waals surface area contributed by atoms with E-state index < -0.39 is 0 Å². The fourth-order valence-corrected chi connectivity index (χ4v) is 2.35. The van der Waals surface area contributed by atoms with E-state index in [4.69, 9.17) is 22.2 Å². The predicted molar refractivity (Wildman–Crippen MR) is 65.1 cm³/mol. The van der Waals surface area contributed by atoms with Crippen LogP contribution in [0.5, 0.6) is 0 Å². The summed E-state index contributed by atoms with van der Waals surface area (Å²) in [4.78, 5) is 0. The molecule has 1 heterocycles. The lowest BCUT2D eigenvalue weighted by Crippen LogP contribution is -2.36. The first-order valence-corrected chi connectivity index (χ1v) is 5.98. The number of hydrazine groups is 1. The van der Waals surface area contributed by atoms with Gasteiger partial charge in [0.1, 0.15) is 0 Å². The van der Waals surface area contributed by atoms with Crippen LogP contribution in [0.15, 0.2) is 24.3 Å². The Balaban J connectivity index is 2.11. The zero-order valence-electron chi connectivity index (χ0n) is 9.16. The Morgan fingerprint density at radius 3 is 2.44 bits per heavy atom. The third-order valence-corrected chi connectivity index (χ3v) is 3.40. The van der Waals surface area contributed by atoms with Gasteiger partial charge in [-0.25, -0.2) is 0 Å². The van der Waals surface area contributed by atoms with E-state index in [1.165, 1.54) is 5.56 Å². The maximum atomic E-state index is 5.87. The molecule has 3 nitrogen and oxygen atoms in total. The van der Waals surface area contributed by atoms with Crippen molar-refractivity contribution < 1.29 is 4.74 Å². The van der Waals surface area contributed by atoms with Gasteiger partial charge in [-0.05, 0) is 36.5 Å². The van der Waals surface area contributed by atoms with E-state index >= 15 is 0 Å². The number of rotatable bonds is 3. The molecule has 0 spiro atoms. The number of hydrogen-bond donors (Lipinski definition) is 2. The van der Waals surface area contributed by atoms with Crippen molar-refractivity contribution in [3.05, 3.63) is 34.9 Å². The van der Waals surface area contributed by atoms with Crippen LogP contribution in [-0.2, 0) is 4.74 Å². The van der Waals surface area contributed by atoms with Gasteiger partial charge in [0, 0.05) is 24.3 Å². The van der Waals surface area contributed by atoms with E-state index in [-0.39, 0.29) is 6.04 Å². The van der Waals surface area contributed by atoms with Crippen molar-refractivity contribution in [2.24, 2.45) is 11.8 Å². The summed E-state index contributed by atoms with van der Waals surface area (Å²) in [5.41, 5.74) is 4.10. The topological polar surface area (TPSA) is 47.3 Å². The van der Waals surface area contributed by atoms with Gasteiger partial charge in [-0.2, -0.15) is 0 Å². The third-order valence-electron chi connectivity index (χ3n) is 3.15. The Morgan fingerprint density at radius 1 is 1.25 bits per heavy atom. The molecule has 1 saturated heterocycles. The van der Waals surface area contributed by atoms with Crippen molar-refractivity contribution >= 4 is 11.6 Å². The molecule has 1 aromatic rings. The molecule has 0 aliphatic carbocycles. The summed E-state index contributed by atoms with van der Waals surface area (Å²) in [5, 5.41) is 0.756. The summed E-state index contributed by atoms with van der Waals surface area (Å²) in [6, 6.07) is 8.06. The van der Waals surface area contributed by atoms with Crippen molar-refractivity contribution in [3.8, 4) is 0 Å². The molecule has 88 valence electrons. The number of benzene rings is 1. The molecule has 4 heteroatoms. The zero-order valence-corrected chi connectivity index (χ0v) is 9.91. The normalized spacial score (nSPS) is 19.6. The van der Waals surface area contributed by atoms with Gasteiger partial charge in [-0.15, -0.1) is 0 Å². The summed E-state index contributed by atoms with van der Waals surface area (Å²) < 4.78 is 5.36.